The Hall–Kier alpha value is -2.41. The third kappa shape index (κ3) is 1.45. The van der Waals surface area contributed by atoms with E-state index in [4.69, 9.17) is 0 Å². The highest BCUT2D eigenvalue weighted by molar-refractivity contribution is 6.07. The number of rotatable bonds is 0. The van der Waals surface area contributed by atoms with E-state index in [-0.39, 0.29) is 5.43 Å². The van der Waals surface area contributed by atoms with Crippen molar-refractivity contribution in [2.45, 2.75) is 6.42 Å². The normalized spacial score (nSPS) is 13.1. The molecule has 1 aliphatic rings. The third-order valence-corrected chi connectivity index (χ3v) is 3.88. The maximum absolute atomic E-state index is 12.6. The maximum Gasteiger partial charge on any atom is 0.193 e. The van der Waals surface area contributed by atoms with Gasteiger partial charge in [-0.3, -0.25) is 4.79 Å². The van der Waals surface area contributed by atoms with Crippen molar-refractivity contribution in [3.05, 3.63) is 76.0 Å². The van der Waals surface area contributed by atoms with Gasteiger partial charge in [0.05, 0.1) is 0 Å². The average Bonchev–Trinajstić information content (AvgIpc) is 2.87. The minimum atomic E-state index is 0.148. The lowest BCUT2D eigenvalue weighted by Crippen LogP contribution is -2.02. The van der Waals surface area contributed by atoms with Crippen LogP contribution in [0.3, 0.4) is 0 Å². The summed E-state index contributed by atoms with van der Waals surface area (Å²) in [5, 5.41) is 4.18. The summed E-state index contributed by atoms with van der Waals surface area (Å²) in [6, 6.07) is 16.4. The molecule has 0 bridgehead atoms. The van der Waals surface area contributed by atoms with E-state index >= 15 is 0 Å². The quantitative estimate of drug-likeness (QED) is 0.585. The lowest BCUT2D eigenvalue weighted by molar-refractivity contribution is 1.32. The molecule has 3 aromatic rings. The van der Waals surface area contributed by atoms with Crippen LogP contribution in [0.2, 0.25) is 0 Å². The monoisotopic (exact) mass is 244 g/mol. The van der Waals surface area contributed by atoms with Crippen molar-refractivity contribution < 1.29 is 0 Å². The second-order valence-electron chi connectivity index (χ2n) is 4.96. The SMILES string of the molecule is O=c1c2c(ccc3c1ccc1ccccc13)CC=C2. The van der Waals surface area contributed by atoms with E-state index in [9.17, 15) is 4.79 Å². The van der Waals surface area contributed by atoms with Crippen LogP contribution in [0.5, 0.6) is 0 Å². The van der Waals surface area contributed by atoms with E-state index < -0.39 is 0 Å². The fourth-order valence-corrected chi connectivity index (χ4v) is 2.90. The van der Waals surface area contributed by atoms with Crippen molar-refractivity contribution in [2.24, 2.45) is 0 Å². The van der Waals surface area contributed by atoms with Gasteiger partial charge in [0.25, 0.3) is 0 Å². The van der Waals surface area contributed by atoms with Crippen LogP contribution in [0.25, 0.3) is 27.6 Å². The van der Waals surface area contributed by atoms with Crippen LogP contribution >= 0.6 is 0 Å². The molecule has 0 aliphatic heterocycles. The fraction of sp³-hybridized carbons (Fsp3) is 0.0556. The molecule has 0 unspecified atom stereocenters. The van der Waals surface area contributed by atoms with Gasteiger partial charge in [0, 0.05) is 10.9 Å². The third-order valence-electron chi connectivity index (χ3n) is 3.88. The molecule has 0 saturated carbocycles. The van der Waals surface area contributed by atoms with Crippen LogP contribution in [-0.4, -0.2) is 0 Å². The summed E-state index contributed by atoms with van der Waals surface area (Å²) < 4.78 is 0. The first-order chi connectivity index (χ1) is 9.34. The highest BCUT2D eigenvalue weighted by atomic mass is 16.1. The van der Waals surface area contributed by atoms with Gasteiger partial charge in [-0.25, -0.2) is 0 Å². The Morgan fingerprint density at radius 2 is 1.63 bits per heavy atom. The second-order valence-corrected chi connectivity index (χ2v) is 4.96. The Morgan fingerprint density at radius 3 is 2.58 bits per heavy atom. The Bertz CT molecular complexity index is 904. The fourth-order valence-electron chi connectivity index (χ4n) is 2.90. The number of allylic oxidation sites excluding steroid dienone is 1. The highest BCUT2D eigenvalue weighted by Crippen LogP contribution is 2.25. The highest BCUT2D eigenvalue weighted by Gasteiger charge is 2.10. The molecule has 3 aromatic carbocycles. The van der Waals surface area contributed by atoms with Crippen molar-refractivity contribution in [1.29, 1.82) is 0 Å². The zero-order valence-corrected chi connectivity index (χ0v) is 10.4. The average molecular weight is 244 g/mol. The first-order valence-corrected chi connectivity index (χ1v) is 6.49. The molecule has 4 rings (SSSR count). The summed E-state index contributed by atoms with van der Waals surface area (Å²) in [4.78, 5) is 12.6. The molecule has 1 heteroatoms. The number of fused-ring (bicyclic) bond motifs is 4. The van der Waals surface area contributed by atoms with E-state index in [1.165, 1.54) is 5.39 Å². The van der Waals surface area contributed by atoms with E-state index in [2.05, 4.69) is 30.3 Å². The zero-order valence-electron chi connectivity index (χ0n) is 10.4. The topological polar surface area (TPSA) is 17.1 Å². The van der Waals surface area contributed by atoms with Gasteiger partial charge in [0.15, 0.2) is 5.43 Å². The summed E-state index contributed by atoms with van der Waals surface area (Å²) in [7, 11) is 0. The molecule has 1 nitrogen and oxygen atoms in total. The summed E-state index contributed by atoms with van der Waals surface area (Å²) in [5.74, 6) is 0. The lowest BCUT2D eigenvalue weighted by atomic mass is 10.0. The summed E-state index contributed by atoms with van der Waals surface area (Å²) >= 11 is 0. The molecule has 1 aliphatic carbocycles. The Labute approximate surface area is 110 Å². The van der Waals surface area contributed by atoms with Gasteiger partial charge in [0.1, 0.15) is 0 Å². The van der Waals surface area contributed by atoms with Gasteiger partial charge >= 0.3 is 0 Å². The predicted molar refractivity (Wildman–Crippen MR) is 80.5 cm³/mol. The van der Waals surface area contributed by atoms with Gasteiger partial charge in [-0.2, -0.15) is 0 Å². The molecule has 0 radical (unpaired) electrons. The van der Waals surface area contributed by atoms with Crippen LogP contribution in [0.4, 0.5) is 0 Å². The molecular formula is C18H12O. The van der Waals surface area contributed by atoms with Gasteiger partial charge in [-0.15, -0.1) is 0 Å². The first kappa shape index (κ1) is 10.5. The molecular weight excluding hydrogens is 232 g/mol. The van der Waals surface area contributed by atoms with Gasteiger partial charge < -0.3 is 0 Å². The molecule has 0 atom stereocenters. The van der Waals surface area contributed by atoms with E-state index in [0.29, 0.717) is 0 Å². The molecule has 0 fully saturated rings. The summed E-state index contributed by atoms with van der Waals surface area (Å²) in [6.07, 6.45) is 4.87. The second kappa shape index (κ2) is 3.79. The lowest BCUT2D eigenvalue weighted by Gasteiger charge is -2.00. The van der Waals surface area contributed by atoms with Crippen molar-refractivity contribution in [3.63, 3.8) is 0 Å². The van der Waals surface area contributed by atoms with Gasteiger partial charge in [-0.05, 0) is 34.2 Å². The number of hydrogen-bond donors (Lipinski definition) is 0. The Kier molecular flexibility index (Phi) is 2.10. The molecule has 19 heavy (non-hydrogen) atoms. The molecule has 0 saturated heterocycles. The minimum absolute atomic E-state index is 0.148. The van der Waals surface area contributed by atoms with E-state index in [1.54, 1.807) is 0 Å². The number of benzene rings is 2. The van der Waals surface area contributed by atoms with E-state index in [0.717, 1.165) is 33.7 Å². The molecule has 90 valence electrons. The first-order valence-electron chi connectivity index (χ1n) is 6.49. The van der Waals surface area contributed by atoms with Gasteiger partial charge in [-0.1, -0.05) is 54.6 Å². The molecule has 0 amide bonds. The smallest absolute Gasteiger partial charge is 0.193 e. The predicted octanol–water partition coefficient (Wildman–Crippen LogP) is 3.92. The van der Waals surface area contributed by atoms with Crippen LogP contribution < -0.4 is 5.43 Å². The van der Waals surface area contributed by atoms with Crippen LogP contribution in [0, 0.1) is 0 Å². The zero-order chi connectivity index (χ0) is 12.8. The summed E-state index contributed by atoms with van der Waals surface area (Å²) in [6.45, 7) is 0. The number of hydrogen-bond acceptors (Lipinski definition) is 1. The Morgan fingerprint density at radius 1 is 0.789 bits per heavy atom. The van der Waals surface area contributed by atoms with Crippen LogP contribution in [0.15, 0.2) is 59.4 Å². The van der Waals surface area contributed by atoms with Crippen LogP contribution in [0.1, 0.15) is 11.1 Å². The summed E-state index contributed by atoms with van der Waals surface area (Å²) in [5.41, 5.74) is 2.13. The minimum Gasteiger partial charge on any atom is -0.289 e. The largest absolute Gasteiger partial charge is 0.289 e. The maximum atomic E-state index is 12.6. The van der Waals surface area contributed by atoms with E-state index in [1.807, 2.05) is 30.3 Å². The molecule has 0 aromatic heterocycles. The van der Waals surface area contributed by atoms with Crippen molar-refractivity contribution in [1.82, 2.24) is 0 Å². The van der Waals surface area contributed by atoms with Crippen molar-refractivity contribution in [2.75, 3.05) is 0 Å². The Balaban J connectivity index is 2.30. The van der Waals surface area contributed by atoms with Crippen molar-refractivity contribution in [3.8, 4) is 0 Å². The standard InChI is InChI=1S/C18H12O/c19-18-15-7-3-5-13(15)8-10-16-14-6-2-1-4-12(14)9-11-17(16)18/h1-4,6-11H,5H2. The molecule has 0 heterocycles. The van der Waals surface area contributed by atoms with Crippen LogP contribution in [-0.2, 0) is 6.42 Å². The molecule has 0 N–H and O–H groups in total. The van der Waals surface area contributed by atoms with Gasteiger partial charge in [0.2, 0.25) is 0 Å². The molecule has 0 spiro atoms. The van der Waals surface area contributed by atoms with Crippen molar-refractivity contribution >= 4 is 27.6 Å².